The first-order chi connectivity index (χ1) is 10.8. The number of amides is 1. The Morgan fingerprint density at radius 3 is 2.91 bits per heavy atom. The molecule has 128 valence electrons. The van der Waals surface area contributed by atoms with E-state index in [0.717, 1.165) is 5.56 Å². The summed E-state index contributed by atoms with van der Waals surface area (Å²) in [7, 11) is -3.24. The molecule has 2 fully saturated rings. The highest BCUT2D eigenvalue weighted by Gasteiger charge is 2.45. The summed E-state index contributed by atoms with van der Waals surface area (Å²) in [5.74, 6) is 0.231. The fourth-order valence-corrected chi connectivity index (χ4v) is 4.28. The fraction of sp³-hybridized carbons (Fsp3) is 0.667. The molecule has 2 aliphatic heterocycles. The monoisotopic (exact) mass is 342 g/mol. The fourth-order valence-electron chi connectivity index (χ4n) is 3.47. The van der Waals surface area contributed by atoms with Crippen LogP contribution in [0, 0.1) is 6.92 Å². The molecule has 2 saturated heterocycles. The first-order valence-corrected chi connectivity index (χ1v) is 9.62. The third-order valence-electron chi connectivity index (χ3n) is 4.53. The zero-order chi connectivity index (χ0) is 16.7. The maximum Gasteiger partial charge on any atom is 0.289 e. The summed E-state index contributed by atoms with van der Waals surface area (Å²) in [6.45, 7) is 3.39. The van der Waals surface area contributed by atoms with Crippen molar-refractivity contribution >= 4 is 15.9 Å². The lowest BCUT2D eigenvalue weighted by Crippen LogP contribution is -2.50. The number of carbonyl (C=O) groups is 1. The van der Waals surface area contributed by atoms with Gasteiger partial charge in [0.2, 0.25) is 10.0 Å². The second kappa shape index (κ2) is 5.92. The molecule has 8 heteroatoms. The summed E-state index contributed by atoms with van der Waals surface area (Å²) in [6.07, 6.45) is 4.62. The number of nitrogens with one attached hydrogen (secondary N) is 1. The molecule has 1 spiro atoms. The van der Waals surface area contributed by atoms with Crippen molar-refractivity contribution in [3.63, 3.8) is 0 Å². The number of hydrogen-bond donors (Lipinski definition) is 1. The smallest absolute Gasteiger partial charge is 0.289 e. The minimum absolute atomic E-state index is 0.133. The normalized spacial score (nSPS) is 28.4. The predicted molar refractivity (Wildman–Crippen MR) is 83.7 cm³/mol. The highest BCUT2D eigenvalue weighted by atomic mass is 32.2. The Bertz CT molecular complexity index is 698. The molecule has 0 radical (unpaired) electrons. The molecule has 1 N–H and O–H groups in total. The van der Waals surface area contributed by atoms with Crippen LogP contribution in [0.5, 0.6) is 0 Å². The second-order valence-electron chi connectivity index (χ2n) is 6.52. The van der Waals surface area contributed by atoms with Gasteiger partial charge in [-0.05, 0) is 32.3 Å². The number of rotatable bonds is 3. The Labute approximate surface area is 136 Å². The number of ether oxygens (including phenoxy) is 1. The number of nitrogens with zero attached hydrogens (tertiary/aromatic N) is 1. The van der Waals surface area contributed by atoms with Crippen molar-refractivity contribution in [3.8, 4) is 0 Å². The van der Waals surface area contributed by atoms with Crippen molar-refractivity contribution in [3.05, 3.63) is 23.7 Å². The molecule has 0 aliphatic carbocycles. The molecular formula is C15H22N2O5S. The molecule has 7 nitrogen and oxygen atoms in total. The quantitative estimate of drug-likeness (QED) is 0.882. The third-order valence-corrected chi connectivity index (χ3v) is 5.30. The number of likely N-dealkylation sites (tertiary alicyclic amines) is 1. The lowest BCUT2D eigenvalue weighted by Gasteiger charge is -2.38. The van der Waals surface area contributed by atoms with Crippen molar-refractivity contribution < 1.29 is 22.4 Å². The van der Waals surface area contributed by atoms with Crippen molar-refractivity contribution in [2.24, 2.45) is 0 Å². The van der Waals surface area contributed by atoms with Crippen LogP contribution in [0.2, 0.25) is 0 Å². The summed E-state index contributed by atoms with van der Waals surface area (Å²) < 4.78 is 36.8. The van der Waals surface area contributed by atoms with E-state index in [2.05, 4.69) is 4.72 Å². The van der Waals surface area contributed by atoms with Crippen molar-refractivity contribution in [2.45, 2.75) is 37.8 Å². The van der Waals surface area contributed by atoms with Crippen molar-refractivity contribution in [1.82, 2.24) is 9.62 Å². The Morgan fingerprint density at radius 2 is 2.26 bits per heavy atom. The third kappa shape index (κ3) is 3.59. The molecule has 2 atom stereocenters. The average Bonchev–Trinajstić information content (AvgIpc) is 3.03. The summed E-state index contributed by atoms with van der Waals surface area (Å²) in [5.41, 5.74) is 0.355. The maximum atomic E-state index is 12.5. The molecule has 3 rings (SSSR count). The highest BCUT2D eigenvalue weighted by molar-refractivity contribution is 7.88. The molecule has 0 aromatic carbocycles. The number of sulfonamides is 1. The topological polar surface area (TPSA) is 88.9 Å². The van der Waals surface area contributed by atoms with Gasteiger partial charge >= 0.3 is 0 Å². The minimum Gasteiger partial charge on any atom is -0.459 e. The number of aryl methyl sites for hydroxylation is 1. The average molecular weight is 342 g/mol. The number of furan rings is 1. The van der Waals surface area contributed by atoms with Crippen molar-refractivity contribution in [1.29, 1.82) is 0 Å². The Kier molecular flexibility index (Phi) is 4.24. The summed E-state index contributed by atoms with van der Waals surface area (Å²) in [5, 5.41) is 0. The minimum atomic E-state index is -3.24. The molecular weight excluding hydrogens is 320 g/mol. The summed E-state index contributed by atoms with van der Waals surface area (Å²) in [6, 6.07) is 1.63. The summed E-state index contributed by atoms with van der Waals surface area (Å²) >= 11 is 0. The number of carbonyl (C=O) groups excluding carboxylic acids is 1. The van der Waals surface area contributed by atoms with Gasteiger partial charge in [-0.2, -0.15) is 0 Å². The first-order valence-electron chi connectivity index (χ1n) is 7.73. The maximum absolute atomic E-state index is 12.5. The van der Waals surface area contributed by atoms with E-state index in [1.807, 2.05) is 6.92 Å². The van der Waals surface area contributed by atoms with Gasteiger partial charge in [0.25, 0.3) is 5.91 Å². The van der Waals surface area contributed by atoms with Crippen LogP contribution in [0.4, 0.5) is 0 Å². The first kappa shape index (κ1) is 16.5. The Balaban J connectivity index is 1.68. The lowest BCUT2D eigenvalue weighted by atomic mass is 9.90. The van der Waals surface area contributed by atoms with Crippen LogP contribution in [0.25, 0.3) is 0 Å². The van der Waals surface area contributed by atoms with E-state index < -0.39 is 15.6 Å². The van der Waals surface area contributed by atoms with Gasteiger partial charge in [0, 0.05) is 24.8 Å². The summed E-state index contributed by atoms with van der Waals surface area (Å²) in [4.78, 5) is 14.3. The SMILES string of the molecule is Cc1ccoc1C(=O)N1CC[C@]2(C[C@@H](NS(C)(=O)=O)CCO2)C1. The zero-order valence-electron chi connectivity index (χ0n) is 13.4. The van der Waals surface area contributed by atoms with Gasteiger partial charge in [-0.3, -0.25) is 4.79 Å². The van der Waals surface area contributed by atoms with Crippen LogP contribution in [0.15, 0.2) is 16.7 Å². The van der Waals surface area contributed by atoms with Crippen LogP contribution in [0.3, 0.4) is 0 Å². The molecule has 3 heterocycles. The van der Waals surface area contributed by atoms with Gasteiger partial charge in [-0.25, -0.2) is 13.1 Å². The molecule has 1 amide bonds. The largest absolute Gasteiger partial charge is 0.459 e. The van der Waals surface area contributed by atoms with Gasteiger partial charge in [0.1, 0.15) is 0 Å². The van der Waals surface area contributed by atoms with Crippen LogP contribution in [0.1, 0.15) is 35.4 Å². The predicted octanol–water partition coefficient (Wildman–Crippen LogP) is 0.901. The Morgan fingerprint density at radius 1 is 1.48 bits per heavy atom. The van der Waals surface area contributed by atoms with Crippen molar-refractivity contribution in [2.75, 3.05) is 26.0 Å². The van der Waals surface area contributed by atoms with Gasteiger partial charge in [-0.15, -0.1) is 0 Å². The van der Waals surface area contributed by atoms with E-state index in [-0.39, 0.29) is 11.9 Å². The Hall–Kier alpha value is -1.38. The standard InChI is InChI=1S/C15H22N2O5S/c1-11-3-7-21-13(11)14(18)17-6-5-15(10-17)9-12(4-8-22-15)16-23(2,19)20/h3,7,12,16H,4-6,8-10H2,1-2H3/t12-,15-/m0/s1. The van der Waals surface area contributed by atoms with E-state index in [1.165, 1.54) is 12.5 Å². The molecule has 1 aromatic rings. The van der Waals surface area contributed by atoms with Crippen LogP contribution in [-0.4, -0.2) is 56.8 Å². The van der Waals surface area contributed by atoms with E-state index in [1.54, 1.807) is 11.0 Å². The lowest BCUT2D eigenvalue weighted by molar-refractivity contribution is -0.0763. The van der Waals surface area contributed by atoms with E-state index >= 15 is 0 Å². The molecule has 0 bridgehead atoms. The van der Waals surface area contributed by atoms with Gasteiger partial charge in [0.15, 0.2) is 5.76 Å². The van der Waals surface area contributed by atoms with Gasteiger partial charge in [0.05, 0.1) is 24.7 Å². The number of hydrogen-bond acceptors (Lipinski definition) is 5. The van der Waals surface area contributed by atoms with Crippen LogP contribution < -0.4 is 4.72 Å². The molecule has 0 saturated carbocycles. The second-order valence-corrected chi connectivity index (χ2v) is 8.30. The van der Waals surface area contributed by atoms with Gasteiger partial charge < -0.3 is 14.1 Å². The van der Waals surface area contributed by atoms with E-state index in [9.17, 15) is 13.2 Å². The molecule has 1 aromatic heterocycles. The zero-order valence-corrected chi connectivity index (χ0v) is 14.2. The van der Waals surface area contributed by atoms with Crippen LogP contribution in [-0.2, 0) is 14.8 Å². The highest BCUT2D eigenvalue weighted by Crippen LogP contribution is 2.35. The van der Waals surface area contributed by atoms with Crippen LogP contribution >= 0.6 is 0 Å². The van der Waals surface area contributed by atoms with Gasteiger partial charge in [-0.1, -0.05) is 0 Å². The molecule has 2 aliphatic rings. The molecule has 23 heavy (non-hydrogen) atoms. The molecule has 0 unspecified atom stereocenters. The van der Waals surface area contributed by atoms with E-state index in [4.69, 9.17) is 9.15 Å². The van der Waals surface area contributed by atoms with E-state index in [0.29, 0.717) is 44.7 Å².